The van der Waals surface area contributed by atoms with Gasteiger partial charge in [0.25, 0.3) is 0 Å². The molecule has 1 aromatic rings. The van der Waals surface area contributed by atoms with E-state index in [1.54, 1.807) is 0 Å². The van der Waals surface area contributed by atoms with E-state index in [1.165, 1.54) is 16.7 Å². The van der Waals surface area contributed by atoms with Gasteiger partial charge in [0.1, 0.15) is 0 Å². The van der Waals surface area contributed by atoms with Crippen molar-refractivity contribution in [2.75, 3.05) is 13.1 Å². The number of hydrogen-bond donors (Lipinski definition) is 2. The van der Waals surface area contributed by atoms with Crippen LogP contribution in [0.3, 0.4) is 0 Å². The Bertz CT molecular complexity index is 442. The van der Waals surface area contributed by atoms with Crippen molar-refractivity contribution in [3.05, 3.63) is 34.9 Å². The van der Waals surface area contributed by atoms with E-state index in [-0.39, 0.29) is 18.3 Å². The van der Waals surface area contributed by atoms with Gasteiger partial charge in [-0.2, -0.15) is 0 Å². The molecule has 0 spiro atoms. The Morgan fingerprint density at radius 3 is 2.85 bits per heavy atom. The Morgan fingerprint density at radius 1 is 1.40 bits per heavy atom. The highest BCUT2D eigenvalue weighted by molar-refractivity contribution is 5.85. The molecule has 1 amide bonds. The van der Waals surface area contributed by atoms with Gasteiger partial charge in [0.2, 0.25) is 5.91 Å². The standard InChI is InChI=1S/C16H24N2O.ClH/c1-12-5-6-14(13(2)10-12)7-8-16(19)18-15-4-3-9-17-11-15;/h5-6,10,15,17H,3-4,7-9,11H2,1-2H3,(H,18,19);1H/t15-;/m0./s1. The summed E-state index contributed by atoms with van der Waals surface area (Å²) in [5.74, 6) is 0.175. The average Bonchev–Trinajstić information content (AvgIpc) is 2.39. The van der Waals surface area contributed by atoms with E-state index < -0.39 is 0 Å². The number of nitrogens with one attached hydrogen (secondary N) is 2. The summed E-state index contributed by atoms with van der Waals surface area (Å²) in [6.07, 6.45) is 3.67. The molecule has 20 heavy (non-hydrogen) atoms. The number of hydrogen-bond acceptors (Lipinski definition) is 2. The molecule has 2 rings (SSSR count). The highest BCUT2D eigenvalue weighted by Gasteiger charge is 2.15. The molecule has 0 bridgehead atoms. The van der Waals surface area contributed by atoms with Crippen molar-refractivity contribution in [3.8, 4) is 0 Å². The van der Waals surface area contributed by atoms with Crippen LogP contribution in [0.25, 0.3) is 0 Å². The lowest BCUT2D eigenvalue weighted by atomic mass is 10.0. The van der Waals surface area contributed by atoms with Crippen molar-refractivity contribution in [2.45, 2.75) is 45.6 Å². The minimum atomic E-state index is 0. The van der Waals surface area contributed by atoms with Crippen LogP contribution in [0.4, 0.5) is 0 Å². The summed E-state index contributed by atoms with van der Waals surface area (Å²) < 4.78 is 0. The topological polar surface area (TPSA) is 41.1 Å². The first-order valence-corrected chi connectivity index (χ1v) is 7.21. The fraction of sp³-hybridized carbons (Fsp3) is 0.562. The maximum absolute atomic E-state index is 11.9. The maximum Gasteiger partial charge on any atom is 0.220 e. The van der Waals surface area contributed by atoms with Gasteiger partial charge in [0.15, 0.2) is 0 Å². The van der Waals surface area contributed by atoms with Gasteiger partial charge in [-0.1, -0.05) is 23.8 Å². The second kappa shape index (κ2) is 8.28. The molecular weight excluding hydrogens is 272 g/mol. The molecule has 112 valence electrons. The van der Waals surface area contributed by atoms with Gasteiger partial charge in [-0.3, -0.25) is 4.79 Å². The van der Waals surface area contributed by atoms with E-state index in [9.17, 15) is 4.79 Å². The van der Waals surface area contributed by atoms with Gasteiger partial charge in [-0.05, 0) is 50.8 Å². The highest BCUT2D eigenvalue weighted by atomic mass is 35.5. The number of benzene rings is 1. The first-order valence-electron chi connectivity index (χ1n) is 7.21. The van der Waals surface area contributed by atoms with Gasteiger partial charge < -0.3 is 10.6 Å². The van der Waals surface area contributed by atoms with Gasteiger partial charge in [-0.15, -0.1) is 12.4 Å². The van der Waals surface area contributed by atoms with Gasteiger partial charge in [-0.25, -0.2) is 0 Å². The van der Waals surface area contributed by atoms with E-state index >= 15 is 0 Å². The fourth-order valence-corrected chi connectivity index (χ4v) is 2.65. The number of amides is 1. The molecule has 2 N–H and O–H groups in total. The van der Waals surface area contributed by atoms with Crippen LogP contribution in [0, 0.1) is 13.8 Å². The van der Waals surface area contributed by atoms with Crippen molar-refractivity contribution in [3.63, 3.8) is 0 Å². The van der Waals surface area contributed by atoms with Crippen molar-refractivity contribution in [2.24, 2.45) is 0 Å². The highest BCUT2D eigenvalue weighted by Crippen LogP contribution is 2.12. The zero-order valence-electron chi connectivity index (χ0n) is 12.4. The number of rotatable bonds is 4. The Kier molecular flexibility index (Phi) is 7.03. The zero-order valence-corrected chi connectivity index (χ0v) is 13.2. The molecule has 1 saturated heterocycles. The van der Waals surface area contributed by atoms with Crippen LogP contribution in [0.2, 0.25) is 0 Å². The molecule has 4 heteroatoms. The molecule has 1 atom stereocenters. The van der Waals surface area contributed by atoms with Crippen LogP contribution in [-0.4, -0.2) is 25.0 Å². The predicted molar refractivity (Wildman–Crippen MR) is 85.5 cm³/mol. The van der Waals surface area contributed by atoms with Crippen LogP contribution in [-0.2, 0) is 11.2 Å². The van der Waals surface area contributed by atoms with Gasteiger partial charge >= 0.3 is 0 Å². The maximum atomic E-state index is 11.9. The van der Waals surface area contributed by atoms with E-state index in [0.29, 0.717) is 12.5 Å². The smallest absolute Gasteiger partial charge is 0.220 e. The second-order valence-electron chi connectivity index (χ2n) is 5.54. The molecule has 1 aliphatic heterocycles. The van der Waals surface area contributed by atoms with E-state index in [2.05, 4.69) is 42.7 Å². The monoisotopic (exact) mass is 296 g/mol. The van der Waals surface area contributed by atoms with Crippen LogP contribution >= 0.6 is 12.4 Å². The largest absolute Gasteiger partial charge is 0.352 e. The third-order valence-corrected chi connectivity index (χ3v) is 3.78. The number of carbonyl (C=O) groups is 1. The summed E-state index contributed by atoms with van der Waals surface area (Å²) in [6.45, 7) is 6.20. The van der Waals surface area contributed by atoms with E-state index in [0.717, 1.165) is 32.4 Å². The summed E-state index contributed by atoms with van der Waals surface area (Å²) in [4.78, 5) is 11.9. The molecule has 0 unspecified atom stereocenters. The summed E-state index contributed by atoms with van der Waals surface area (Å²) in [5, 5.41) is 6.43. The predicted octanol–water partition coefficient (Wildman–Crippen LogP) is 2.53. The Balaban J connectivity index is 0.00000200. The molecule has 1 aliphatic rings. The summed E-state index contributed by atoms with van der Waals surface area (Å²) >= 11 is 0. The quantitative estimate of drug-likeness (QED) is 0.896. The first-order chi connectivity index (χ1) is 9.15. The lowest BCUT2D eigenvalue weighted by molar-refractivity contribution is -0.121. The second-order valence-corrected chi connectivity index (χ2v) is 5.54. The Hall–Kier alpha value is -1.06. The third kappa shape index (κ3) is 5.14. The van der Waals surface area contributed by atoms with Crippen molar-refractivity contribution >= 4 is 18.3 Å². The van der Waals surface area contributed by atoms with Crippen molar-refractivity contribution in [1.82, 2.24) is 10.6 Å². The summed E-state index contributed by atoms with van der Waals surface area (Å²) in [5.41, 5.74) is 3.84. The van der Waals surface area contributed by atoms with Crippen molar-refractivity contribution in [1.29, 1.82) is 0 Å². The average molecular weight is 297 g/mol. The lowest BCUT2D eigenvalue weighted by Gasteiger charge is -2.23. The molecule has 0 aliphatic carbocycles. The van der Waals surface area contributed by atoms with Gasteiger partial charge in [0.05, 0.1) is 0 Å². The van der Waals surface area contributed by atoms with E-state index in [1.807, 2.05) is 0 Å². The van der Waals surface area contributed by atoms with Crippen molar-refractivity contribution < 1.29 is 4.79 Å². The number of aryl methyl sites for hydroxylation is 3. The molecule has 0 radical (unpaired) electrons. The summed E-state index contributed by atoms with van der Waals surface area (Å²) in [7, 11) is 0. The molecule has 1 fully saturated rings. The van der Waals surface area contributed by atoms with Crippen LogP contribution in [0.1, 0.15) is 36.0 Å². The normalized spacial score (nSPS) is 18.2. The number of carbonyl (C=O) groups excluding carboxylic acids is 1. The molecule has 1 aromatic carbocycles. The zero-order chi connectivity index (χ0) is 13.7. The SMILES string of the molecule is Cc1ccc(CCC(=O)N[C@H]2CCCNC2)c(C)c1.Cl. The summed E-state index contributed by atoms with van der Waals surface area (Å²) in [6, 6.07) is 6.75. The molecule has 0 saturated carbocycles. The minimum absolute atomic E-state index is 0. The van der Waals surface area contributed by atoms with Crippen LogP contribution < -0.4 is 10.6 Å². The molecule has 1 heterocycles. The molecule has 0 aromatic heterocycles. The molecule has 3 nitrogen and oxygen atoms in total. The third-order valence-electron chi connectivity index (χ3n) is 3.78. The lowest BCUT2D eigenvalue weighted by Crippen LogP contribution is -2.45. The van der Waals surface area contributed by atoms with Crippen LogP contribution in [0.15, 0.2) is 18.2 Å². The Labute approximate surface area is 127 Å². The number of halogens is 1. The minimum Gasteiger partial charge on any atom is -0.352 e. The number of piperidine rings is 1. The first kappa shape index (κ1) is 17.0. The Morgan fingerprint density at radius 2 is 2.20 bits per heavy atom. The van der Waals surface area contributed by atoms with Gasteiger partial charge in [0, 0.05) is 19.0 Å². The molecular formula is C16H25ClN2O. The van der Waals surface area contributed by atoms with Crippen LogP contribution in [0.5, 0.6) is 0 Å². The van der Waals surface area contributed by atoms with E-state index in [4.69, 9.17) is 0 Å². The fourth-order valence-electron chi connectivity index (χ4n) is 2.65.